The highest BCUT2D eigenvalue weighted by atomic mass is 15.2. The standard InChI is InChI=1S/C11H25N3/c1-4-10(12)9-14(3)11-5-7-13(2)8-6-11/h10-11H,4-9,12H2,1-3H3/t10-/m1/s1. The molecule has 0 saturated carbocycles. The number of nitrogens with zero attached hydrogens (tertiary/aromatic N) is 2. The van der Waals surface area contributed by atoms with Crippen molar-refractivity contribution in [2.75, 3.05) is 33.7 Å². The summed E-state index contributed by atoms with van der Waals surface area (Å²) in [5.41, 5.74) is 5.96. The first-order valence-corrected chi connectivity index (χ1v) is 5.77. The van der Waals surface area contributed by atoms with Gasteiger partial charge in [0, 0.05) is 18.6 Å². The van der Waals surface area contributed by atoms with Gasteiger partial charge in [0.25, 0.3) is 0 Å². The average molecular weight is 199 g/mol. The van der Waals surface area contributed by atoms with Crippen molar-refractivity contribution in [1.82, 2.24) is 9.80 Å². The highest BCUT2D eigenvalue weighted by Crippen LogP contribution is 2.14. The van der Waals surface area contributed by atoms with Crippen LogP contribution in [-0.2, 0) is 0 Å². The molecular weight excluding hydrogens is 174 g/mol. The molecule has 0 amide bonds. The smallest absolute Gasteiger partial charge is 0.0165 e. The molecule has 1 heterocycles. The van der Waals surface area contributed by atoms with Gasteiger partial charge in [-0.2, -0.15) is 0 Å². The molecule has 0 radical (unpaired) electrons. The lowest BCUT2D eigenvalue weighted by atomic mass is 10.0. The summed E-state index contributed by atoms with van der Waals surface area (Å²) in [5.74, 6) is 0. The molecule has 1 saturated heterocycles. The van der Waals surface area contributed by atoms with Crippen LogP contribution in [0.5, 0.6) is 0 Å². The highest BCUT2D eigenvalue weighted by Gasteiger charge is 2.21. The fourth-order valence-electron chi connectivity index (χ4n) is 2.08. The molecule has 1 fully saturated rings. The van der Waals surface area contributed by atoms with Gasteiger partial charge in [0.2, 0.25) is 0 Å². The van der Waals surface area contributed by atoms with Crippen molar-refractivity contribution in [3.05, 3.63) is 0 Å². The molecule has 1 aliphatic rings. The van der Waals surface area contributed by atoms with E-state index in [4.69, 9.17) is 5.73 Å². The van der Waals surface area contributed by atoms with Crippen molar-refractivity contribution in [2.45, 2.75) is 38.3 Å². The van der Waals surface area contributed by atoms with Crippen LogP contribution >= 0.6 is 0 Å². The molecule has 2 N–H and O–H groups in total. The third-order valence-electron chi connectivity index (χ3n) is 3.36. The maximum Gasteiger partial charge on any atom is 0.0165 e. The van der Waals surface area contributed by atoms with Crippen LogP contribution in [0.3, 0.4) is 0 Å². The molecule has 0 spiro atoms. The minimum absolute atomic E-state index is 0.347. The first kappa shape index (κ1) is 12.0. The van der Waals surface area contributed by atoms with Gasteiger partial charge in [-0.1, -0.05) is 6.92 Å². The molecule has 1 rings (SSSR count). The van der Waals surface area contributed by atoms with Crippen LogP contribution in [0.1, 0.15) is 26.2 Å². The monoisotopic (exact) mass is 199 g/mol. The van der Waals surface area contributed by atoms with Crippen molar-refractivity contribution in [1.29, 1.82) is 0 Å². The number of nitrogens with two attached hydrogens (primary N) is 1. The summed E-state index contributed by atoms with van der Waals surface area (Å²) in [6.07, 6.45) is 3.67. The Hall–Kier alpha value is -0.120. The van der Waals surface area contributed by atoms with Gasteiger partial charge in [0.15, 0.2) is 0 Å². The Morgan fingerprint density at radius 3 is 2.50 bits per heavy atom. The summed E-state index contributed by atoms with van der Waals surface area (Å²) in [5, 5.41) is 0. The molecule has 0 unspecified atom stereocenters. The lowest BCUT2D eigenvalue weighted by molar-refractivity contribution is 0.138. The molecule has 1 aliphatic heterocycles. The first-order valence-electron chi connectivity index (χ1n) is 5.77. The maximum absolute atomic E-state index is 5.96. The second-order valence-corrected chi connectivity index (χ2v) is 4.64. The summed E-state index contributed by atoms with van der Waals surface area (Å²) in [7, 11) is 4.42. The number of piperidine rings is 1. The Bertz CT molecular complexity index is 153. The lowest BCUT2D eigenvalue weighted by Crippen LogP contribution is -2.45. The van der Waals surface area contributed by atoms with Crippen LogP contribution in [0.2, 0.25) is 0 Å². The van der Waals surface area contributed by atoms with Gasteiger partial charge in [-0.15, -0.1) is 0 Å². The first-order chi connectivity index (χ1) is 6.63. The van der Waals surface area contributed by atoms with Crippen molar-refractivity contribution < 1.29 is 0 Å². The van der Waals surface area contributed by atoms with Crippen molar-refractivity contribution in [2.24, 2.45) is 5.73 Å². The van der Waals surface area contributed by atoms with Gasteiger partial charge in [0.1, 0.15) is 0 Å². The van der Waals surface area contributed by atoms with Crippen LogP contribution in [0, 0.1) is 0 Å². The highest BCUT2D eigenvalue weighted by molar-refractivity contribution is 4.78. The SMILES string of the molecule is CC[C@@H](N)CN(C)C1CCN(C)CC1. The zero-order valence-corrected chi connectivity index (χ0v) is 9.87. The van der Waals surface area contributed by atoms with Gasteiger partial charge in [-0.3, -0.25) is 0 Å². The molecule has 0 aromatic rings. The van der Waals surface area contributed by atoms with Gasteiger partial charge in [-0.25, -0.2) is 0 Å². The van der Waals surface area contributed by atoms with E-state index in [0.717, 1.165) is 19.0 Å². The number of rotatable bonds is 4. The van der Waals surface area contributed by atoms with Crippen LogP contribution in [0.4, 0.5) is 0 Å². The van der Waals surface area contributed by atoms with Gasteiger partial charge in [0.05, 0.1) is 0 Å². The topological polar surface area (TPSA) is 32.5 Å². The molecule has 1 atom stereocenters. The third-order valence-corrected chi connectivity index (χ3v) is 3.36. The second kappa shape index (κ2) is 5.69. The van der Waals surface area contributed by atoms with Crippen molar-refractivity contribution in [3.63, 3.8) is 0 Å². The molecule has 0 aliphatic carbocycles. The Kier molecular flexibility index (Phi) is 4.85. The second-order valence-electron chi connectivity index (χ2n) is 4.64. The van der Waals surface area contributed by atoms with E-state index in [1.54, 1.807) is 0 Å². The van der Waals surface area contributed by atoms with E-state index in [2.05, 4.69) is 30.8 Å². The fourth-order valence-corrected chi connectivity index (χ4v) is 2.08. The van der Waals surface area contributed by atoms with Crippen molar-refractivity contribution >= 4 is 0 Å². The van der Waals surface area contributed by atoms with E-state index < -0.39 is 0 Å². The van der Waals surface area contributed by atoms with E-state index in [-0.39, 0.29) is 0 Å². The molecular formula is C11H25N3. The molecule has 3 heteroatoms. The van der Waals surface area contributed by atoms with Gasteiger partial charge in [-0.05, 0) is 46.4 Å². The summed E-state index contributed by atoms with van der Waals surface area (Å²) >= 11 is 0. The molecule has 84 valence electrons. The van der Waals surface area contributed by atoms with Crippen LogP contribution in [-0.4, -0.2) is 55.6 Å². The summed E-state index contributed by atoms with van der Waals surface area (Å²) in [6, 6.07) is 1.10. The van der Waals surface area contributed by atoms with Crippen LogP contribution < -0.4 is 5.73 Å². The predicted molar refractivity (Wildman–Crippen MR) is 61.4 cm³/mol. The zero-order chi connectivity index (χ0) is 10.6. The Balaban J connectivity index is 2.26. The third kappa shape index (κ3) is 3.56. The Morgan fingerprint density at radius 2 is 2.00 bits per heavy atom. The predicted octanol–water partition coefficient (Wildman–Crippen LogP) is 0.750. The Morgan fingerprint density at radius 1 is 1.43 bits per heavy atom. The average Bonchev–Trinajstić information content (AvgIpc) is 2.18. The summed E-state index contributed by atoms with van der Waals surface area (Å²) in [4.78, 5) is 4.85. The Labute approximate surface area is 88.2 Å². The van der Waals surface area contributed by atoms with Gasteiger partial charge >= 0.3 is 0 Å². The number of likely N-dealkylation sites (tertiary alicyclic amines) is 1. The summed E-state index contributed by atoms with van der Waals surface area (Å²) in [6.45, 7) is 5.67. The van der Waals surface area contributed by atoms with E-state index in [1.165, 1.54) is 25.9 Å². The molecule has 0 bridgehead atoms. The van der Waals surface area contributed by atoms with E-state index in [0.29, 0.717) is 6.04 Å². The number of hydrogen-bond donors (Lipinski definition) is 1. The molecule has 3 nitrogen and oxygen atoms in total. The van der Waals surface area contributed by atoms with Crippen LogP contribution in [0.25, 0.3) is 0 Å². The molecule has 14 heavy (non-hydrogen) atoms. The van der Waals surface area contributed by atoms with Crippen LogP contribution in [0.15, 0.2) is 0 Å². The minimum Gasteiger partial charge on any atom is -0.327 e. The number of hydrogen-bond acceptors (Lipinski definition) is 3. The zero-order valence-electron chi connectivity index (χ0n) is 9.87. The summed E-state index contributed by atoms with van der Waals surface area (Å²) < 4.78 is 0. The fraction of sp³-hybridized carbons (Fsp3) is 1.00. The molecule has 0 aromatic heterocycles. The van der Waals surface area contributed by atoms with E-state index in [9.17, 15) is 0 Å². The minimum atomic E-state index is 0.347. The lowest BCUT2D eigenvalue weighted by Gasteiger charge is -2.36. The van der Waals surface area contributed by atoms with E-state index >= 15 is 0 Å². The van der Waals surface area contributed by atoms with E-state index in [1.807, 2.05) is 0 Å². The quantitative estimate of drug-likeness (QED) is 0.725. The largest absolute Gasteiger partial charge is 0.327 e. The van der Waals surface area contributed by atoms with Crippen molar-refractivity contribution in [3.8, 4) is 0 Å². The normalized spacial score (nSPS) is 22.9. The van der Waals surface area contributed by atoms with Gasteiger partial charge < -0.3 is 15.5 Å². The molecule has 0 aromatic carbocycles. The maximum atomic E-state index is 5.96. The number of likely N-dealkylation sites (N-methyl/N-ethyl adjacent to an activating group) is 1.